The van der Waals surface area contributed by atoms with Crippen LogP contribution in [0.4, 0.5) is 13.2 Å². The highest BCUT2D eigenvalue weighted by molar-refractivity contribution is 5.84. The number of nitrogens with zero attached hydrogens (tertiary/aromatic N) is 5. The lowest BCUT2D eigenvalue weighted by atomic mass is 10.1. The Morgan fingerprint density at radius 1 is 1.31 bits per heavy atom. The van der Waals surface area contributed by atoms with E-state index in [1.807, 2.05) is 0 Å². The zero-order valence-corrected chi connectivity index (χ0v) is 13.9. The number of fused-ring (bicyclic) bond motifs is 2. The molecule has 2 amide bonds. The summed E-state index contributed by atoms with van der Waals surface area (Å²) in [4.78, 5) is 27.5. The first-order valence-corrected chi connectivity index (χ1v) is 8.55. The molecular weight excluding hydrogens is 353 g/mol. The van der Waals surface area contributed by atoms with Gasteiger partial charge in [0.1, 0.15) is 0 Å². The van der Waals surface area contributed by atoms with Crippen LogP contribution in [0.5, 0.6) is 0 Å². The van der Waals surface area contributed by atoms with Crippen LogP contribution in [0.25, 0.3) is 0 Å². The molecule has 0 radical (unpaired) electrons. The fourth-order valence-corrected chi connectivity index (χ4v) is 3.81. The minimum atomic E-state index is -4.57. The first kappa shape index (κ1) is 17.3. The minimum absolute atomic E-state index is 0.00781. The number of rotatable bonds is 4. The van der Waals surface area contributed by atoms with Gasteiger partial charge in [-0.05, 0) is 12.3 Å². The van der Waals surface area contributed by atoms with Crippen molar-refractivity contribution in [3.63, 3.8) is 0 Å². The number of amides is 2. The molecule has 26 heavy (non-hydrogen) atoms. The highest BCUT2D eigenvalue weighted by atomic mass is 19.4. The van der Waals surface area contributed by atoms with Gasteiger partial charge in [0, 0.05) is 44.6 Å². The topological polar surface area (TPSA) is 97.3 Å². The molecule has 0 aromatic carbocycles. The van der Waals surface area contributed by atoms with Gasteiger partial charge in [-0.25, -0.2) is 0 Å². The Morgan fingerprint density at radius 2 is 2.08 bits per heavy atom. The number of aromatic nitrogens is 3. The van der Waals surface area contributed by atoms with Gasteiger partial charge in [0.2, 0.25) is 17.6 Å². The highest BCUT2D eigenvalue weighted by Gasteiger charge is 2.52. The van der Waals surface area contributed by atoms with Crippen LogP contribution in [0.1, 0.15) is 24.5 Å². The van der Waals surface area contributed by atoms with Crippen molar-refractivity contribution < 1.29 is 22.8 Å². The van der Waals surface area contributed by atoms with Gasteiger partial charge in [0.05, 0.1) is 6.54 Å². The van der Waals surface area contributed by atoms with Gasteiger partial charge in [0.15, 0.2) is 5.82 Å². The van der Waals surface area contributed by atoms with Crippen LogP contribution >= 0.6 is 0 Å². The van der Waals surface area contributed by atoms with E-state index in [9.17, 15) is 22.8 Å². The Morgan fingerprint density at radius 3 is 2.73 bits per heavy atom. The van der Waals surface area contributed by atoms with Crippen LogP contribution in [0.2, 0.25) is 0 Å². The molecule has 1 aliphatic carbocycles. The fraction of sp³-hybridized carbons (Fsp3) is 0.733. The maximum absolute atomic E-state index is 12.8. The van der Waals surface area contributed by atoms with Crippen LogP contribution in [-0.2, 0) is 28.9 Å². The molecular formula is C15H19F3N6O2. The highest BCUT2D eigenvalue weighted by Crippen LogP contribution is 2.45. The van der Waals surface area contributed by atoms with Crippen molar-refractivity contribution in [1.29, 1.82) is 0 Å². The summed E-state index contributed by atoms with van der Waals surface area (Å²) in [5.41, 5.74) is 6.02. The van der Waals surface area contributed by atoms with E-state index >= 15 is 0 Å². The molecule has 0 spiro atoms. The third-order valence-corrected chi connectivity index (χ3v) is 5.26. The van der Waals surface area contributed by atoms with Gasteiger partial charge in [-0.15, -0.1) is 10.2 Å². The van der Waals surface area contributed by atoms with Crippen molar-refractivity contribution in [2.24, 2.45) is 17.6 Å². The molecule has 1 aromatic rings. The molecule has 2 aliphatic heterocycles. The van der Waals surface area contributed by atoms with Crippen molar-refractivity contribution in [1.82, 2.24) is 24.6 Å². The minimum Gasteiger partial charge on any atom is -0.341 e. The van der Waals surface area contributed by atoms with Gasteiger partial charge >= 0.3 is 6.18 Å². The summed E-state index contributed by atoms with van der Waals surface area (Å²) >= 11 is 0. The molecule has 1 saturated carbocycles. The average molecular weight is 372 g/mol. The number of halogens is 3. The standard InChI is InChI=1S/C15H19F3N6O2/c16-15(17,18)14-21-20-11-7-22(1-2-24(11)14)12(25)4-9(19)6-23-5-8-3-10(8)13(23)26/h8-10H,1-7,19H2/t8?,9-,10?/m0/s1. The lowest BCUT2D eigenvalue weighted by Gasteiger charge is -2.29. The molecule has 1 saturated heterocycles. The van der Waals surface area contributed by atoms with Crippen LogP contribution in [0, 0.1) is 11.8 Å². The van der Waals surface area contributed by atoms with E-state index in [0.29, 0.717) is 19.0 Å². The lowest BCUT2D eigenvalue weighted by molar-refractivity contribution is -0.148. The molecule has 4 rings (SSSR count). The van der Waals surface area contributed by atoms with Crippen molar-refractivity contribution in [3.05, 3.63) is 11.6 Å². The van der Waals surface area contributed by atoms with Crippen molar-refractivity contribution in [2.75, 3.05) is 19.6 Å². The molecule has 1 aromatic heterocycles. The Bertz CT molecular complexity index is 748. The van der Waals surface area contributed by atoms with E-state index in [2.05, 4.69) is 10.2 Å². The zero-order chi connectivity index (χ0) is 18.6. The number of alkyl halides is 3. The summed E-state index contributed by atoms with van der Waals surface area (Å²) in [5.74, 6) is -0.473. The summed E-state index contributed by atoms with van der Waals surface area (Å²) in [6.07, 6.45) is -3.57. The number of carbonyl (C=O) groups is 2. The van der Waals surface area contributed by atoms with Gasteiger partial charge in [-0.3, -0.25) is 9.59 Å². The number of hydrogen-bond donors (Lipinski definition) is 1. The normalized spacial score (nSPS) is 25.9. The second-order valence-corrected chi connectivity index (χ2v) is 7.21. The molecule has 11 heteroatoms. The quantitative estimate of drug-likeness (QED) is 0.792. The predicted molar refractivity (Wildman–Crippen MR) is 81.2 cm³/mol. The number of likely N-dealkylation sites (tertiary alicyclic amines) is 1. The van der Waals surface area contributed by atoms with Crippen LogP contribution < -0.4 is 5.73 Å². The summed E-state index contributed by atoms with van der Waals surface area (Å²) in [7, 11) is 0. The third kappa shape index (κ3) is 3.04. The molecule has 8 nitrogen and oxygen atoms in total. The van der Waals surface area contributed by atoms with Crippen LogP contribution in [-0.4, -0.2) is 62.1 Å². The average Bonchev–Trinajstić information content (AvgIpc) is 3.07. The Balaban J connectivity index is 1.33. The molecule has 2 N–H and O–H groups in total. The zero-order valence-electron chi connectivity index (χ0n) is 13.9. The molecule has 2 unspecified atom stereocenters. The van der Waals surface area contributed by atoms with Crippen LogP contribution in [0.15, 0.2) is 0 Å². The van der Waals surface area contributed by atoms with Gasteiger partial charge in [0.25, 0.3) is 0 Å². The predicted octanol–water partition coefficient (Wildman–Crippen LogP) is -0.165. The van der Waals surface area contributed by atoms with Crippen LogP contribution in [0.3, 0.4) is 0 Å². The summed E-state index contributed by atoms with van der Waals surface area (Å²) < 4.78 is 39.5. The third-order valence-electron chi connectivity index (χ3n) is 5.26. The number of piperidine rings is 1. The lowest BCUT2D eigenvalue weighted by Crippen LogP contribution is -2.45. The molecule has 142 valence electrons. The fourth-order valence-electron chi connectivity index (χ4n) is 3.81. The monoisotopic (exact) mass is 372 g/mol. The Kier molecular flexibility index (Phi) is 3.94. The van der Waals surface area contributed by atoms with E-state index in [1.54, 1.807) is 4.90 Å². The number of nitrogens with two attached hydrogens (primary N) is 1. The SMILES string of the molecule is N[C@@H](CC(=O)N1CCn2c(nnc2C(F)(F)F)C1)CN1CC2CC2C1=O. The second kappa shape index (κ2) is 5.93. The summed E-state index contributed by atoms with van der Waals surface area (Å²) in [6, 6.07) is -0.491. The van der Waals surface area contributed by atoms with Gasteiger partial charge in [-0.1, -0.05) is 0 Å². The number of carbonyl (C=O) groups excluding carboxylic acids is 2. The van der Waals surface area contributed by atoms with Crippen molar-refractivity contribution in [2.45, 2.75) is 38.1 Å². The van der Waals surface area contributed by atoms with E-state index < -0.39 is 18.0 Å². The number of hydrogen-bond acceptors (Lipinski definition) is 5. The molecule has 0 bridgehead atoms. The molecule has 2 fully saturated rings. The van der Waals surface area contributed by atoms with E-state index in [0.717, 1.165) is 11.0 Å². The Hall–Kier alpha value is -2.17. The molecule has 3 aliphatic rings. The summed E-state index contributed by atoms with van der Waals surface area (Å²) in [6.45, 7) is 1.15. The van der Waals surface area contributed by atoms with E-state index in [-0.39, 0.29) is 49.6 Å². The smallest absolute Gasteiger partial charge is 0.341 e. The first-order valence-electron chi connectivity index (χ1n) is 8.55. The maximum atomic E-state index is 12.8. The summed E-state index contributed by atoms with van der Waals surface area (Å²) in [5, 5.41) is 6.75. The second-order valence-electron chi connectivity index (χ2n) is 7.21. The van der Waals surface area contributed by atoms with E-state index in [4.69, 9.17) is 5.73 Å². The van der Waals surface area contributed by atoms with E-state index in [1.165, 1.54) is 4.90 Å². The maximum Gasteiger partial charge on any atom is 0.451 e. The van der Waals surface area contributed by atoms with Gasteiger partial charge in [-0.2, -0.15) is 13.2 Å². The molecule has 3 heterocycles. The van der Waals surface area contributed by atoms with Crippen molar-refractivity contribution >= 4 is 11.8 Å². The largest absolute Gasteiger partial charge is 0.451 e. The van der Waals surface area contributed by atoms with Crippen molar-refractivity contribution in [3.8, 4) is 0 Å². The molecule has 3 atom stereocenters. The van der Waals surface area contributed by atoms with Gasteiger partial charge < -0.3 is 20.1 Å². The first-order chi connectivity index (χ1) is 12.2. The Labute approximate surface area is 147 Å².